The summed E-state index contributed by atoms with van der Waals surface area (Å²) in [6.45, 7) is 0.507. The van der Waals surface area contributed by atoms with Crippen molar-refractivity contribution >= 4 is 16.9 Å². The van der Waals surface area contributed by atoms with Gasteiger partial charge in [-0.15, -0.1) is 0 Å². The van der Waals surface area contributed by atoms with Crippen LogP contribution in [-0.2, 0) is 17.8 Å². The lowest BCUT2D eigenvalue weighted by atomic mass is 10.1. The summed E-state index contributed by atoms with van der Waals surface area (Å²) in [5.41, 5.74) is 5.09. The molecule has 0 aliphatic carbocycles. The van der Waals surface area contributed by atoms with Crippen LogP contribution in [-0.4, -0.2) is 20.9 Å². The molecule has 0 atom stereocenters. The largest absolute Gasteiger partial charge is 0.352 e. The number of hydrogen-bond acceptors (Lipinski definition) is 3. The second kappa shape index (κ2) is 7.83. The Morgan fingerprint density at radius 3 is 2.70 bits per heavy atom. The zero-order valence-corrected chi connectivity index (χ0v) is 14.9. The molecule has 0 fully saturated rings. The molecule has 4 aromatic rings. The number of aryl methyl sites for hydroxylation is 1. The zero-order valence-electron chi connectivity index (χ0n) is 14.9. The van der Waals surface area contributed by atoms with Crippen LogP contribution in [0.3, 0.4) is 0 Å². The van der Waals surface area contributed by atoms with Crippen LogP contribution >= 0.6 is 0 Å². The van der Waals surface area contributed by atoms with E-state index in [1.807, 2.05) is 54.6 Å². The molecular weight excluding hydrogens is 336 g/mol. The standard InChI is InChI=1S/C22H20N4O/c27-21(24-15-17-5-4-12-23-14-17)11-9-16-8-10-19-20(13-16)26-22(25-19)18-6-2-1-3-7-18/h1-8,10,12-14H,9,11,15H2,(H,24,27)(H,25,26). The van der Waals surface area contributed by atoms with Gasteiger partial charge in [0.15, 0.2) is 0 Å². The highest BCUT2D eigenvalue weighted by atomic mass is 16.1. The number of H-pyrrole nitrogens is 1. The van der Waals surface area contributed by atoms with Gasteiger partial charge in [0.1, 0.15) is 5.82 Å². The third-order valence-corrected chi connectivity index (χ3v) is 4.45. The number of nitrogens with one attached hydrogen (secondary N) is 2. The van der Waals surface area contributed by atoms with E-state index in [1.54, 1.807) is 12.4 Å². The topological polar surface area (TPSA) is 70.7 Å². The molecule has 2 heterocycles. The molecule has 0 saturated carbocycles. The highest BCUT2D eigenvalue weighted by Gasteiger charge is 2.07. The summed E-state index contributed by atoms with van der Waals surface area (Å²) >= 11 is 0. The third-order valence-electron chi connectivity index (χ3n) is 4.45. The van der Waals surface area contributed by atoms with Crippen LogP contribution < -0.4 is 5.32 Å². The Bertz CT molecular complexity index is 1040. The van der Waals surface area contributed by atoms with Crippen LogP contribution in [0.1, 0.15) is 17.5 Å². The Morgan fingerprint density at radius 1 is 1.00 bits per heavy atom. The molecule has 0 bridgehead atoms. The third kappa shape index (κ3) is 4.20. The minimum Gasteiger partial charge on any atom is -0.352 e. The maximum atomic E-state index is 12.1. The van der Waals surface area contributed by atoms with Gasteiger partial charge in [0.05, 0.1) is 11.0 Å². The maximum absolute atomic E-state index is 12.1. The zero-order chi connectivity index (χ0) is 18.5. The molecule has 0 aliphatic rings. The van der Waals surface area contributed by atoms with Crippen molar-refractivity contribution in [3.63, 3.8) is 0 Å². The molecule has 5 nitrogen and oxygen atoms in total. The fraction of sp³-hybridized carbons (Fsp3) is 0.136. The fourth-order valence-electron chi connectivity index (χ4n) is 2.99. The fourth-order valence-corrected chi connectivity index (χ4v) is 2.99. The number of nitrogens with zero attached hydrogens (tertiary/aromatic N) is 2. The Hall–Kier alpha value is -3.47. The van der Waals surface area contributed by atoms with Gasteiger partial charge in [0, 0.05) is 30.9 Å². The molecule has 0 radical (unpaired) electrons. The lowest BCUT2D eigenvalue weighted by molar-refractivity contribution is -0.121. The summed E-state index contributed by atoms with van der Waals surface area (Å²) in [7, 11) is 0. The van der Waals surface area contributed by atoms with Crippen LogP contribution in [0.4, 0.5) is 0 Å². The molecule has 0 aliphatic heterocycles. The van der Waals surface area contributed by atoms with Gasteiger partial charge in [-0.05, 0) is 35.7 Å². The molecule has 0 saturated heterocycles. The van der Waals surface area contributed by atoms with Crippen LogP contribution in [0.25, 0.3) is 22.4 Å². The molecule has 5 heteroatoms. The van der Waals surface area contributed by atoms with Crippen molar-refractivity contribution in [1.29, 1.82) is 0 Å². The lowest BCUT2D eigenvalue weighted by Gasteiger charge is -2.05. The van der Waals surface area contributed by atoms with E-state index in [4.69, 9.17) is 0 Å². The highest BCUT2D eigenvalue weighted by Crippen LogP contribution is 2.21. The molecule has 2 aromatic heterocycles. The molecule has 0 spiro atoms. The van der Waals surface area contributed by atoms with E-state index in [-0.39, 0.29) is 5.91 Å². The van der Waals surface area contributed by atoms with Gasteiger partial charge in [-0.1, -0.05) is 42.5 Å². The minimum absolute atomic E-state index is 0.0357. The number of aromatic nitrogens is 3. The first-order chi connectivity index (χ1) is 13.3. The number of benzene rings is 2. The second-order valence-electron chi connectivity index (χ2n) is 6.44. The number of rotatable bonds is 6. The van der Waals surface area contributed by atoms with Crippen molar-refractivity contribution in [2.45, 2.75) is 19.4 Å². The highest BCUT2D eigenvalue weighted by molar-refractivity contribution is 5.80. The summed E-state index contributed by atoms with van der Waals surface area (Å²) in [6.07, 6.45) is 4.62. The average Bonchev–Trinajstić information content (AvgIpc) is 3.15. The number of fused-ring (bicyclic) bond motifs is 1. The number of pyridine rings is 1. The van der Waals surface area contributed by atoms with Crippen LogP contribution in [0.2, 0.25) is 0 Å². The smallest absolute Gasteiger partial charge is 0.220 e. The summed E-state index contributed by atoms with van der Waals surface area (Å²) in [5.74, 6) is 0.894. The van der Waals surface area contributed by atoms with E-state index < -0.39 is 0 Å². The lowest BCUT2D eigenvalue weighted by Crippen LogP contribution is -2.23. The first-order valence-electron chi connectivity index (χ1n) is 8.97. The molecule has 27 heavy (non-hydrogen) atoms. The van der Waals surface area contributed by atoms with Gasteiger partial charge in [0.2, 0.25) is 5.91 Å². The van der Waals surface area contributed by atoms with E-state index in [9.17, 15) is 4.79 Å². The van der Waals surface area contributed by atoms with Gasteiger partial charge in [-0.25, -0.2) is 4.98 Å². The predicted molar refractivity (Wildman–Crippen MR) is 106 cm³/mol. The number of aromatic amines is 1. The SMILES string of the molecule is O=C(CCc1ccc2nc(-c3ccccc3)[nH]c2c1)NCc1cccnc1. The normalized spacial score (nSPS) is 10.8. The van der Waals surface area contributed by atoms with E-state index in [1.165, 1.54) is 0 Å². The molecule has 2 aromatic carbocycles. The molecular formula is C22H20N4O. The van der Waals surface area contributed by atoms with Crippen molar-refractivity contribution in [1.82, 2.24) is 20.3 Å². The van der Waals surface area contributed by atoms with Crippen LogP contribution in [0, 0.1) is 0 Å². The number of imidazole rings is 1. The Morgan fingerprint density at radius 2 is 1.89 bits per heavy atom. The summed E-state index contributed by atoms with van der Waals surface area (Å²) in [6, 6.07) is 20.0. The molecule has 4 rings (SSSR count). The second-order valence-corrected chi connectivity index (χ2v) is 6.44. The number of carbonyl (C=O) groups excluding carboxylic acids is 1. The van der Waals surface area contributed by atoms with Crippen molar-refractivity contribution in [2.24, 2.45) is 0 Å². The van der Waals surface area contributed by atoms with Crippen molar-refractivity contribution in [3.8, 4) is 11.4 Å². The van der Waals surface area contributed by atoms with Crippen molar-refractivity contribution in [2.75, 3.05) is 0 Å². The maximum Gasteiger partial charge on any atom is 0.220 e. The number of hydrogen-bond donors (Lipinski definition) is 2. The van der Waals surface area contributed by atoms with E-state index in [2.05, 4.69) is 26.3 Å². The van der Waals surface area contributed by atoms with E-state index in [0.29, 0.717) is 19.4 Å². The molecule has 0 unspecified atom stereocenters. The number of amides is 1. The van der Waals surface area contributed by atoms with Gasteiger partial charge >= 0.3 is 0 Å². The Balaban J connectivity index is 1.38. The van der Waals surface area contributed by atoms with E-state index in [0.717, 1.165) is 33.5 Å². The van der Waals surface area contributed by atoms with E-state index >= 15 is 0 Å². The van der Waals surface area contributed by atoms with Crippen LogP contribution in [0.5, 0.6) is 0 Å². The van der Waals surface area contributed by atoms with Gasteiger partial charge in [-0.2, -0.15) is 0 Å². The van der Waals surface area contributed by atoms with Crippen molar-refractivity contribution in [3.05, 3.63) is 84.2 Å². The average molecular weight is 356 g/mol. The monoisotopic (exact) mass is 356 g/mol. The Kier molecular flexibility index (Phi) is 4.92. The summed E-state index contributed by atoms with van der Waals surface area (Å²) in [4.78, 5) is 24.1. The minimum atomic E-state index is 0.0357. The molecule has 2 N–H and O–H groups in total. The van der Waals surface area contributed by atoms with Gasteiger partial charge in [0.25, 0.3) is 0 Å². The van der Waals surface area contributed by atoms with Gasteiger partial charge < -0.3 is 10.3 Å². The van der Waals surface area contributed by atoms with Crippen molar-refractivity contribution < 1.29 is 4.79 Å². The van der Waals surface area contributed by atoms with Gasteiger partial charge in [-0.3, -0.25) is 9.78 Å². The first-order valence-corrected chi connectivity index (χ1v) is 8.97. The summed E-state index contributed by atoms with van der Waals surface area (Å²) < 4.78 is 0. The summed E-state index contributed by atoms with van der Waals surface area (Å²) in [5, 5.41) is 2.93. The number of carbonyl (C=O) groups is 1. The molecule has 134 valence electrons. The Labute approximate surface area is 157 Å². The quantitative estimate of drug-likeness (QED) is 0.551. The predicted octanol–water partition coefficient (Wildman–Crippen LogP) is 3.87. The first kappa shape index (κ1) is 17.0. The molecule has 1 amide bonds. The van der Waals surface area contributed by atoms with Crippen LogP contribution in [0.15, 0.2) is 73.1 Å².